The molecule has 60 valence electrons. The SMILES string of the molecule is C1CCNCC1.O=C([O-])[O-].[K+].[K+]. The fourth-order valence-corrected chi connectivity index (χ4v) is 0.802. The number of carboxylic acid groups (broad SMARTS) is 2. The van der Waals surface area contributed by atoms with E-state index in [0.717, 1.165) is 0 Å². The number of carbonyl (C=O) groups excluding carboxylic acids is 1. The van der Waals surface area contributed by atoms with Crippen LogP contribution in [0.1, 0.15) is 19.3 Å². The zero-order valence-corrected chi connectivity index (χ0v) is 14.0. The van der Waals surface area contributed by atoms with Crippen molar-refractivity contribution in [1.29, 1.82) is 0 Å². The molecule has 0 spiro atoms. The first-order chi connectivity index (χ1) is 4.73. The molecule has 0 radical (unpaired) electrons. The van der Waals surface area contributed by atoms with E-state index >= 15 is 0 Å². The van der Waals surface area contributed by atoms with Crippen LogP contribution in [-0.4, -0.2) is 19.2 Å². The summed E-state index contributed by atoms with van der Waals surface area (Å²) in [6.07, 6.45) is 1.88. The fourth-order valence-electron chi connectivity index (χ4n) is 0.802. The van der Waals surface area contributed by atoms with Crippen molar-refractivity contribution < 1.29 is 118 Å². The van der Waals surface area contributed by atoms with Gasteiger partial charge in [0.1, 0.15) is 0 Å². The molecular formula is C6H11K2NO3. The first-order valence-corrected chi connectivity index (χ1v) is 3.32. The van der Waals surface area contributed by atoms with Crippen LogP contribution in [0.3, 0.4) is 0 Å². The topological polar surface area (TPSA) is 75.2 Å². The van der Waals surface area contributed by atoms with Gasteiger partial charge in [0.2, 0.25) is 0 Å². The van der Waals surface area contributed by atoms with Gasteiger partial charge in [0.15, 0.2) is 0 Å². The Kier molecular flexibility index (Phi) is 26.6. The molecule has 0 atom stereocenters. The standard InChI is InChI=1S/C5H11N.CH2O3.2K/c1-2-4-6-5-3-1;2-1(3)4;;/h6H,1-5H2;(H2,2,3,4);;/q;;2*+1/p-2. The van der Waals surface area contributed by atoms with E-state index in [0.29, 0.717) is 0 Å². The largest absolute Gasteiger partial charge is 1.00 e. The predicted molar refractivity (Wildman–Crippen MR) is 32.1 cm³/mol. The molecule has 0 aromatic carbocycles. The van der Waals surface area contributed by atoms with Crippen LogP contribution in [0, 0.1) is 0 Å². The molecule has 1 aliphatic heterocycles. The van der Waals surface area contributed by atoms with Crippen molar-refractivity contribution in [2.24, 2.45) is 0 Å². The second kappa shape index (κ2) is 16.0. The molecular weight excluding hydrogens is 212 g/mol. The Morgan fingerprint density at radius 1 is 1.00 bits per heavy atom. The summed E-state index contributed by atoms with van der Waals surface area (Å²) in [5.41, 5.74) is 0. The normalized spacial score (nSPS) is 14.0. The van der Waals surface area contributed by atoms with E-state index in [2.05, 4.69) is 5.32 Å². The smallest absolute Gasteiger partial charge is 0.652 e. The van der Waals surface area contributed by atoms with Gasteiger partial charge in [-0.25, -0.2) is 0 Å². The van der Waals surface area contributed by atoms with E-state index in [1.165, 1.54) is 32.4 Å². The Bertz CT molecular complexity index is 83.3. The van der Waals surface area contributed by atoms with Gasteiger partial charge in [-0.2, -0.15) is 0 Å². The van der Waals surface area contributed by atoms with Gasteiger partial charge in [0, 0.05) is 0 Å². The van der Waals surface area contributed by atoms with E-state index in [-0.39, 0.29) is 103 Å². The molecule has 1 rings (SSSR count). The maximum atomic E-state index is 8.33. The van der Waals surface area contributed by atoms with E-state index < -0.39 is 6.16 Å². The summed E-state index contributed by atoms with van der Waals surface area (Å²) in [4.78, 5) is 8.33. The van der Waals surface area contributed by atoms with Crippen molar-refractivity contribution in [3.05, 3.63) is 0 Å². The van der Waals surface area contributed by atoms with Crippen LogP contribution in [0.25, 0.3) is 0 Å². The molecule has 0 saturated carbocycles. The third kappa shape index (κ3) is 22.9. The van der Waals surface area contributed by atoms with E-state index in [4.69, 9.17) is 15.0 Å². The van der Waals surface area contributed by atoms with Crippen molar-refractivity contribution >= 4 is 6.16 Å². The number of nitrogens with one attached hydrogen (secondary N) is 1. The van der Waals surface area contributed by atoms with Gasteiger partial charge in [-0.05, 0) is 32.1 Å². The molecule has 0 aromatic rings. The van der Waals surface area contributed by atoms with Gasteiger partial charge >= 0.3 is 103 Å². The molecule has 6 heteroatoms. The Balaban J connectivity index is -0.000000124. The Hall–Kier alpha value is 2.50. The average Bonchev–Trinajstić information content (AvgIpc) is 1.90. The minimum Gasteiger partial charge on any atom is -0.652 e. The second-order valence-corrected chi connectivity index (χ2v) is 2.06. The molecule has 4 nitrogen and oxygen atoms in total. The maximum Gasteiger partial charge on any atom is 1.00 e. The molecule has 1 N–H and O–H groups in total. The number of rotatable bonds is 0. The van der Waals surface area contributed by atoms with Crippen molar-refractivity contribution in [2.45, 2.75) is 19.3 Å². The molecule has 0 amide bonds. The maximum absolute atomic E-state index is 8.33. The van der Waals surface area contributed by atoms with Crippen molar-refractivity contribution in [1.82, 2.24) is 5.32 Å². The number of hydrogen-bond acceptors (Lipinski definition) is 4. The van der Waals surface area contributed by atoms with E-state index in [9.17, 15) is 0 Å². The van der Waals surface area contributed by atoms with Crippen LogP contribution in [0.2, 0.25) is 0 Å². The van der Waals surface area contributed by atoms with Gasteiger partial charge in [-0.1, -0.05) is 6.42 Å². The van der Waals surface area contributed by atoms with Gasteiger partial charge in [0.05, 0.1) is 0 Å². The number of piperidine rings is 1. The third-order valence-corrected chi connectivity index (χ3v) is 1.21. The first-order valence-electron chi connectivity index (χ1n) is 3.32. The first kappa shape index (κ1) is 20.0. The minimum absolute atomic E-state index is 0. The summed E-state index contributed by atoms with van der Waals surface area (Å²) < 4.78 is 0. The van der Waals surface area contributed by atoms with Crippen molar-refractivity contribution in [2.75, 3.05) is 13.1 Å². The number of carbonyl (C=O) groups is 1. The summed E-state index contributed by atoms with van der Waals surface area (Å²) in [5.74, 6) is 0. The zero-order valence-electron chi connectivity index (χ0n) is 7.76. The molecule has 1 saturated heterocycles. The third-order valence-electron chi connectivity index (χ3n) is 1.21. The van der Waals surface area contributed by atoms with Crippen LogP contribution < -0.4 is 118 Å². The summed E-state index contributed by atoms with van der Waals surface area (Å²) >= 11 is 0. The molecule has 1 fully saturated rings. The van der Waals surface area contributed by atoms with Gasteiger partial charge in [0.25, 0.3) is 0 Å². The van der Waals surface area contributed by atoms with Gasteiger partial charge in [-0.15, -0.1) is 0 Å². The zero-order chi connectivity index (χ0) is 7.82. The van der Waals surface area contributed by atoms with Crippen LogP contribution in [-0.2, 0) is 0 Å². The average molecular weight is 223 g/mol. The van der Waals surface area contributed by atoms with Gasteiger partial charge in [-0.3, -0.25) is 0 Å². The van der Waals surface area contributed by atoms with Crippen molar-refractivity contribution in [3.8, 4) is 0 Å². The van der Waals surface area contributed by atoms with Crippen molar-refractivity contribution in [3.63, 3.8) is 0 Å². The van der Waals surface area contributed by atoms with Crippen LogP contribution in [0.5, 0.6) is 0 Å². The van der Waals surface area contributed by atoms with Crippen LogP contribution >= 0.6 is 0 Å². The molecule has 0 aliphatic carbocycles. The van der Waals surface area contributed by atoms with Gasteiger partial charge < -0.3 is 20.3 Å². The molecule has 0 aromatic heterocycles. The Morgan fingerprint density at radius 3 is 1.42 bits per heavy atom. The molecule has 0 bridgehead atoms. The summed E-state index contributed by atoms with van der Waals surface area (Å²) in [7, 11) is 0. The quantitative estimate of drug-likeness (QED) is 0.414. The second-order valence-electron chi connectivity index (χ2n) is 2.06. The monoisotopic (exact) mass is 223 g/mol. The summed E-state index contributed by atoms with van der Waals surface area (Å²) in [6, 6.07) is 0. The number of hydrogen-bond donors (Lipinski definition) is 1. The Morgan fingerprint density at radius 2 is 1.33 bits per heavy atom. The molecule has 0 unspecified atom stereocenters. The summed E-state index contributed by atoms with van der Waals surface area (Å²) in [5, 5.41) is 20.0. The molecule has 1 heterocycles. The fraction of sp³-hybridized carbons (Fsp3) is 0.833. The molecule has 1 aliphatic rings. The van der Waals surface area contributed by atoms with E-state index in [1.807, 2.05) is 0 Å². The molecule has 12 heavy (non-hydrogen) atoms. The minimum atomic E-state index is -2.33. The summed E-state index contributed by atoms with van der Waals surface area (Å²) in [6.45, 7) is 2.50. The van der Waals surface area contributed by atoms with E-state index in [1.54, 1.807) is 0 Å². The predicted octanol–water partition coefficient (Wildman–Crippen LogP) is -7.68. The van der Waals surface area contributed by atoms with Crippen LogP contribution in [0.4, 0.5) is 4.79 Å². The van der Waals surface area contributed by atoms with Crippen LogP contribution in [0.15, 0.2) is 0 Å². The Labute approximate surface area is 158 Å².